The molecule has 0 unspecified atom stereocenters. The van der Waals surface area contributed by atoms with E-state index in [1.54, 1.807) is 6.26 Å². The Balaban J connectivity index is 1.71. The molecule has 128 valence electrons. The Hall–Kier alpha value is -3.11. The second-order valence-electron chi connectivity index (χ2n) is 5.77. The predicted molar refractivity (Wildman–Crippen MR) is 104 cm³/mol. The molecule has 0 aliphatic heterocycles. The summed E-state index contributed by atoms with van der Waals surface area (Å²) in [5.74, 6) is 0.824. The highest BCUT2D eigenvalue weighted by Gasteiger charge is 2.11. The van der Waals surface area contributed by atoms with Crippen LogP contribution in [0.4, 0.5) is 0 Å². The Labute approximate surface area is 156 Å². The van der Waals surface area contributed by atoms with Crippen LogP contribution < -0.4 is 0 Å². The monoisotopic (exact) mass is 361 g/mol. The molecule has 0 bridgehead atoms. The summed E-state index contributed by atoms with van der Waals surface area (Å²) in [5, 5.41) is 5.45. The smallest absolute Gasteiger partial charge is 0.125 e. The van der Waals surface area contributed by atoms with Crippen LogP contribution in [-0.2, 0) is 6.54 Å². The van der Waals surface area contributed by atoms with Crippen molar-refractivity contribution in [3.63, 3.8) is 0 Å². The minimum atomic E-state index is 0.490. The first-order valence-corrected chi connectivity index (χ1v) is 8.60. The van der Waals surface area contributed by atoms with Gasteiger partial charge in [-0.1, -0.05) is 41.9 Å². The molecule has 26 heavy (non-hydrogen) atoms. The van der Waals surface area contributed by atoms with Crippen molar-refractivity contribution in [3.8, 4) is 16.9 Å². The molecule has 0 saturated heterocycles. The fraction of sp³-hybridized carbons (Fsp3) is 0.0476. The number of halogens is 1. The molecule has 4 rings (SSSR count). The first kappa shape index (κ1) is 16.4. The van der Waals surface area contributed by atoms with Crippen LogP contribution in [0.5, 0.6) is 0 Å². The molecule has 0 fully saturated rings. The van der Waals surface area contributed by atoms with Crippen LogP contribution in [0, 0.1) is 0 Å². The van der Waals surface area contributed by atoms with Gasteiger partial charge in [0.25, 0.3) is 0 Å². The lowest BCUT2D eigenvalue weighted by molar-refractivity contribution is 0.513. The topological polar surface area (TPSA) is 43.3 Å². The largest absolute Gasteiger partial charge is 0.467 e. The van der Waals surface area contributed by atoms with Gasteiger partial charge in [0.15, 0.2) is 0 Å². The number of nitrogens with zero attached hydrogens (tertiary/aromatic N) is 3. The summed E-state index contributed by atoms with van der Waals surface area (Å²) in [7, 11) is 0. The molecule has 0 N–H and O–H groups in total. The van der Waals surface area contributed by atoms with Gasteiger partial charge < -0.3 is 4.42 Å². The summed E-state index contributed by atoms with van der Waals surface area (Å²) in [6.45, 7) is 0.490. The van der Waals surface area contributed by atoms with Gasteiger partial charge in [-0.25, -0.2) is 4.68 Å². The van der Waals surface area contributed by atoms with Crippen LogP contribution in [0.1, 0.15) is 11.3 Å². The Morgan fingerprint density at radius 1 is 1.00 bits per heavy atom. The molecule has 2 aromatic carbocycles. The molecule has 0 atom stereocenters. The van der Waals surface area contributed by atoms with E-state index in [1.165, 1.54) is 0 Å². The second kappa shape index (κ2) is 7.42. The van der Waals surface area contributed by atoms with E-state index in [0.29, 0.717) is 11.6 Å². The zero-order valence-electron chi connectivity index (χ0n) is 13.9. The van der Waals surface area contributed by atoms with Crippen LogP contribution in [0.25, 0.3) is 16.9 Å². The third-order valence-electron chi connectivity index (χ3n) is 3.94. The summed E-state index contributed by atoms with van der Waals surface area (Å²) in [5.41, 5.74) is 3.77. The molecule has 2 heterocycles. The van der Waals surface area contributed by atoms with E-state index in [2.05, 4.69) is 4.99 Å². The minimum Gasteiger partial charge on any atom is -0.467 e. The Morgan fingerprint density at radius 2 is 1.81 bits per heavy atom. The number of para-hydroxylation sites is 1. The van der Waals surface area contributed by atoms with Crippen molar-refractivity contribution in [2.75, 3.05) is 0 Å². The first-order chi connectivity index (χ1) is 12.8. The van der Waals surface area contributed by atoms with Crippen LogP contribution in [-0.4, -0.2) is 16.0 Å². The maximum absolute atomic E-state index is 6.02. The quantitative estimate of drug-likeness (QED) is 0.446. The van der Waals surface area contributed by atoms with E-state index in [1.807, 2.05) is 83.8 Å². The fourth-order valence-corrected chi connectivity index (χ4v) is 2.79. The van der Waals surface area contributed by atoms with Crippen molar-refractivity contribution < 1.29 is 4.42 Å². The van der Waals surface area contributed by atoms with Crippen molar-refractivity contribution >= 4 is 17.8 Å². The van der Waals surface area contributed by atoms with Gasteiger partial charge in [-0.15, -0.1) is 0 Å². The third kappa shape index (κ3) is 3.60. The first-order valence-electron chi connectivity index (χ1n) is 8.23. The van der Waals surface area contributed by atoms with Gasteiger partial charge in [-0.2, -0.15) is 5.10 Å². The predicted octanol–water partition coefficient (Wildman–Crippen LogP) is 5.40. The van der Waals surface area contributed by atoms with Gasteiger partial charge >= 0.3 is 0 Å². The summed E-state index contributed by atoms with van der Waals surface area (Å²) >= 11 is 6.02. The van der Waals surface area contributed by atoms with Crippen molar-refractivity contribution in [2.45, 2.75) is 6.54 Å². The molecule has 4 aromatic rings. The molecule has 0 aliphatic carbocycles. The zero-order valence-corrected chi connectivity index (χ0v) is 14.7. The van der Waals surface area contributed by atoms with E-state index >= 15 is 0 Å². The van der Waals surface area contributed by atoms with Gasteiger partial charge in [0.05, 0.1) is 18.5 Å². The molecule has 0 amide bonds. The molecule has 0 aliphatic rings. The number of hydrogen-bond acceptors (Lipinski definition) is 3. The van der Waals surface area contributed by atoms with E-state index in [0.717, 1.165) is 28.3 Å². The fourth-order valence-electron chi connectivity index (χ4n) is 2.66. The molecule has 0 saturated carbocycles. The number of rotatable bonds is 5. The molecule has 5 heteroatoms. The van der Waals surface area contributed by atoms with Crippen LogP contribution in [0.3, 0.4) is 0 Å². The van der Waals surface area contributed by atoms with E-state index in [9.17, 15) is 0 Å². The minimum absolute atomic E-state index is 0.490. The van der Waals surface area contributed by atoms with Gasteiger partial charge in [-0.05, 0) is 36.4 Å². The number of benzene rings is 2. The standard InChI is InChI=1S/C21H16ClN3O/c22-18-10-8-16(9-11-18)21-17(13-23-14-20-7-4-12-26-20)15-25(24-21)19-5-2-1-3-6-19/h1-13,15H,14H2. The highest BCUT2D eigenvalue weighted by molar-refractivity contribution is 6.30. The van der Waals surface area contributed by atoms with E-state index in [4.69, 9.17) is 21.1 Å². The van der Waals surface area contributed by atoms with Crippen LogP contribution in [0.15, 0.2) is 88.6 Å². The maximum Gasteiger partial charge on any atom is 0.125 e. The highest BCUT2D eigenvalue weighted by atomic mass is 35.5. The third-order valence-corrected chi connectivity index (χ3v) is 4.19. The average molecular weight is 362 g/mol. The van der Waals surface area contributed by atoms with Crippen LogP contribution in [0.2, 0.25) is 5.02 Å². The number of furan rings is 1. The highest BCUT2D eigenvalue weighted by Crippen LogP contribution is 2.24. The molecular formula is C21H16ClN3O. The van der Waals surface area contributed by atoms with E-state index < -0.39 is 0 Å². The van der Waals surface area contributed by atoms with Gasteiger partial charge in [0.1, 0.15) is 11.5 Å². The normalized spacial score (nSPS) is 11.3. The molecule has 0 radical (unpaired) electrons. The lowest BCUT2D eigenvalue weighted by Crippen LogP contribution is -1.93. The Morgan fingerprint density at radius 3 is 2.54 bits per heavy atom. The van der Waals surface area contributed by atoms with Crippen molar-refractivity contribution in [3.05, 3.63) is 95.5 Å². The maximum atomic E-state index is 6.02. The van der Waals surface area contributed by atoms with Gasteiger partial charge in [0, 0.05) is 28.6 Å². The average Bonchev–Trinajstić information content (AvgIpc) is 3.33. The van der Waals surface area contributed by atoms with Gasteiger partial charge in [-0.3, -0.25) is 4.99 Å². The zero-order chi connectivity index (χ0) is 17.8. The molecule has 0 spiro atoms. The second-order valence-corrected chi connectivity index (χ2v) is 6.21. The van der Waals surface area contributed by atoms with Crippen molar-refractivity contribution in [1.82, 2.24) is 9.78 Å². The van der Waals surface area contributed by atoms with Crippen molar-refractivity contribution in [1.29, 1.82) is 0 Å². The number of hydrogen-bond donors (Lipinski definition) is 0. The molecule has 4 nitrogen and oxygen atoms in total. The Bertz CT molecular complexity index is 1000. The van der Waals surface area contributed by atoms with Crippen molar-refractivity contribution in [2.24, 2.45) is 4.99 Å². The SMILES string of the molecule is Clc1ccc(-c2nn(-c3ccccc3)cc2C=NCc2ccco2)cc1. The summed E-state index contributed by atoms with van der Waals surface area (Å²) in [4.78, 5) is 4.50. The van der Waals surface area contributed by atoms with Crippen LogP contribution >= 0.6 is 11.6 Å². The lowest BCUT2D eigenvalue weighted by Gasteiger charge is -2.00. The number of aromatic nitrogens is 2. The lowest BCUT2D eigenvalue weighted by atomic mass is 10.1. The summed E-state index contributed by atoms with van der Waals surface area (Å²) in [6, 6.07) is 21.4. The number of aliphatic imine (C=N–C) groups is 1. The molecular weight excluding hydrogens is 346 g/mol. The van der Waals surface area contributed by atoms with Gasteiger partial charge in [0.2, 0.25) is 0 Å². The Kier molecular flexibility index (Phi) is 4.67. The van der Waals surface area contributed by atoms with E-state index in [-0.39, 0.29) is 0 Å². The summed E-state index contributed by atoms with van der Waals surface area (Å²) < 4.78 is 7.18. The molecule has 2 aromatic heterocycles. The summed E-state index contributed by atoms with van der Waals surface area (Å²) in [6.07, 6.45) is 5.46.